The van der Waals surface area contributed by atoms with Crippen LogP contribution < -0.4 is 19.5 Å². The summed E-state index contributed by atoms with van der Waals surface area (Å²) in [7, 11) is 0. The van der Waals surface area contributed by atoms with Crippen LogP contribution in [0.2, 0.25) is 0 Å². The van der Waals surface area contributed by atoms with Gasteiger partial charge in [-0.3, -0.25) is 0 Å². The normalized spacial score (nSPS) is 11.9. The van der Waals surface area contributed by atoms with E-state index in [2.05, 4.69) is 10.3 Å². The molecular formula is C24H19N3O5. The number of hydrogen-bond acceptors (Lipinski definition) is 8. The minimum absolute atomic E-state index is 0.148. The molecule has 0 atom stereocenters. The summed E-state index contributed by atoms with van der Waals surface area (Å²) < 4.78 is 28.0. The second-order valence-corrected chi connectivity index (χ2v) is 7.22. The van der Waals surface area contributed by atoms with Crippen LogP contribution >= 0.6 is 0 Å². The van der Waals surface area contributed by atoms with Gasteiger partial charge in [-0.05, 0) is 48.9 Å². The first-order valence-corrected chi connectivity index (χ1v) is 10.00. The van der Waals surface area contributed by atoms with E-state index in [0.29, 0.717) is 29.6 Å². The van der Waals surface area contributed by atoms with Gasteiger partial charge in [0.25, 0.3) is 5.89 Å². The second-order valence-electron chi connectivity index (χ2n) is 7.22. The Kier molecular flexibility index (Phi) is 5.14. The molecule has 0 aliphatic carbocycles. The number of oxazole rings is 1. The Morgan fingerprint density at radius 1 is 1.03 bits per heavy atom. The highest BCUT2D eigenvalue weighted by molar-refractivity contribution is 5.55. The third-order valence-corrected chi connectivity index (χ3v) is 4.90. The number of anilines is 1. The van der Waals surface area contributed by atoms with Gasteiger partial charge in [0.15, 0.2) is 17.3 Å². The summed E-state index contributed by atoms with van der Waals surface area (Å²) >= 11 is 0. The number of ether oxygens (including phenoxy) is 3. The van der Waals surface area contributed by atoms with Crippen molar-refractivity contribution in [2.75, 3.05) is 12.1 Å². The molecule has 0 amide bonds. The number of benzene rings is 2. The Morgan fingerprint density at radius 2 is 1.88 bits per heavy atom. The molecule has 0 spiro atoms. The molecule has 1 aliphatic rings. The van der Waals surface area contributed by atoms with Gasteiger partial charge in [-0.15, -0.1) is 0 Å². The van der Waals surface area contributed by atoms with Crippen LogP contribution in [0.3, 0.4) is 0 Å². The van der Waals surface area contributed by atoms with Gasteiger partial charge in [-0.25, -0.2) is 0 Å². The first-order chi connectivity index (χ1) is 15.7. The van der Waals surface area contributed by atoms with E-state index in [1.165, 1.54) is 0 Å². The Morgan fingerprint density at radius 3 is 2.72 bits per heavy atom. The third kappa shape index (κ3) is 4.09. The van der Waals surface area contributed by atoms with Gasteiger partial charge in [-0.2, -0.15) is 10.2 Å². The highest BCUT2D eigenvalue weighted by atomic mass is 16.7. The Balaban J connectivity index is 1.26. The lowest BCUT2D eigenvalue weighted by Gasteiger charge is -2.04. The van der Waals surface area contributed by atoms with Crippen LogP contribution in [-0.4, -0.2) is 11.8 Å². The van der Waals surface area contributed by atoms with Crippen molar-refractivity contribution in [3.05, 3.63) is 77.2 Å². The summed E-state index contributed by atoms with van der Waals surface area (Å²) in [6, 6.07) is 19.0. The van der Waals surface area contributed by atoms with Crippen molar-refractivity contribution in [1.82, 2.24) is 4.98 Å². The van der Waals surface area contributed by atoms with Crippen LogP contribution in [0.4, 0.5) is 5.88 Å². The molecule has 0 saturated carbocycles. The van der Waals surface area contributed by atoms with Crippen LogP contribution in [0, 0.1) is 18.3 Å². The number of fused-ring (bicyclic) bond motifs is 1. The van der Waals surface area contributed by atoms with Gasteiger partial charge in [0.05, 0.1) is 0 Å². The van der Waals surface area contributed by atoms with Crippen molar-refractivity contribution in [3.63, 3.8) is 0 Å². The number of aryl methyl sites for hydroxylation is 1. The summed E-state index contributed by atoms with van der Waals surface area (Å²) in [6.07, 6.45) is 0. The number of nitrogens with one attached hydrogen (secondary N) is 1. The van der Waals surface area contributed by atoms with Crippen molar-refractivity contribution in [2.45, 2.75) is 20.1 Å². The monoisotopic (exact) mass is 429 g/mol. The molecule has 2 aromatic heterocycles. The highest BCUT2D eigenvalue weighted by Crippen LogP contribution is 2.33. The van der Waals surface area contributed by atoms with Crippen LogP contribution in [0.5, 0.6) is 17.2 Å². The fraction of sp³-hybridized carbons (Fsp3) is 0.167. The molecule has 1 aliphatic heterocycles. The molecule has 3 heterocycles. The zero-order valence-electron chi connectivity index (χ0n) is 17.3. The fourth-order valence-electron chi connectivity index (χ4n) is 3.21. The molecule has 4 aromatic rings. The van der Waals surface area contributed by atoms with Gasteiger partial charge in [-0.1, -0.05) is 23.8 Å². The Bertz CT molecular complexity index is 1280. The van der Waals surface area contributed by atoms with Gasteiger partial charge in [0.1, 0.15) is 24.2 Å². The predicted octanol–water partition coefficient (Wildman–Crippen LogP) is 5.03. The molecule has 0 saturated heterocycles. The minimum atomic E-state index is 0.148. The predicted molar refractivity (Wildman–Crippen MR) is 114 cm³/mol. The quantitative estimate of drug-likeness (QED) is 0.436. The first-order valence-electron chi connectivity index (χ1n) is 10.00. The summed E-state index contributed by atoms with van der Waals surface area (Å²) in [4.78, 5) is 4.24. The Labute approximate surface area is 184 Å². The van der Waals surface area contributed by atoms with Crippen LogP contribution in [0.25, 0.3) is 11.7 Å². The Hall–Kier alpha value is -4.38. The molecule has 2 aromatic carbocycles. The van der Waals surface area contributed by atoms with Crippen molar-refractivity contribution in [3.8, 4) is 35.0 Å². The molecule has 5 rings (SSSR count). The summed E-state index contributed by atoms with van der Waals surface area (Å²) in [6.45, 7) is 2.93. The summed E-state index contributed by atoms with van der Waals surface area (Å²) in [5.41, 5.74) is 2.26. The number of hydrogen-bond donors (Lipinski definition) is 1. The van der Waals surface area contributed by atoms with Crippen molar-refractivity contribution < 1.29 is 23.0 Å². The number of rotatable bonds is 7. The number of aromatic nitrogens is 1. The zero-order chi connectivity index (χ0) is 21.9. The number of nitriles is 1. The van der Waals surface area contributed by atoms with E-state index in [1.807, 2.05) is 55.5 Å². The van der Waals surface area contributed by atoms with E-state index in [1.54, 1.807) is 12.1 Å². The second kappa shape index (κ2) is 8.40. The average Bonchev–Trinajstić information content (AvgIpc) is 3.56. The molecule has 0 radical (unpaired) electrons. The summed E-state index contributed by atoms with van der Waals surface area (Å²) in [5.74, 6) is 3.69. The zero-order valence-corrected chi connectivity index (χ0v) is 17.3. The smallest absolute Gasteiger partial charge is 0.266 e. The van der Waals surface area contributed by atoms with Crippen LogP contribution in [0.15, 0.2) is 63.4 Å². The van der Waals surface area contributed by atoms with E-state index in [9.17, 15) is 5.26 Å². The van der Waals surface area contributed by atoms with Crippen LogP contribution in [0.1, 0.15) is 22.6 Å². The molecule has 160 valence electrons. The van der Waals surface area contributed by atoms with Crippen molar-refractivity contribution >= 4 is 5.88 Å². The molecule has 1 N–H and O–H groups in total. The highest BCUT2D eigenvalue weighted by Gasteiger charge is 2.18. The van der Waals surface area contributed by atoms with Gasteiger partial charge in [0.2, 0.25) is 18.4 Å². The van der Waals surface area contributed by atoms with Crippen molar-refractivity contribution in [1.29, 1.82) is 5.26 Å². The van der Waals surface area contributed by atoms with E-state index in [0.717, 1.165) is 16.9 Å². The molecular weight excluding hydrogens is 410 g/mol. The first kappa shape index (κ1) is 19.6. The van der Waals surface area contributed by atoms with Crippen LogP contribution in [-0.2, 0) is 13.2 Å². The van der Waals surface area contributed by atoms with Crippen molar-refractivity contribution in [2.24, 2.45) is 0 Å². The maximum Gasteiger partial charge on any atom is 0.266 e. The lowest BCUT2D eigenvalue weighted by molar-refractivity contribution is 0.174. The number of nitrogens with zero attached hydrogens (tertiary/aromatic N) is 2. The molecule has 0 bridgehead atoms. The molecule has 0 fully saturated rings. The van der Waals surface area contributed by atoms with E-state index in [-0.39, 0.29) is 30.9 Å². The lowest BCUT2D eigenvalue weighted by atomic mass is 10.2. The average molecular weight is 429 g/mol. The standard InChI is InChI=1S/C24H19N3O5/c1-15-2-5-17(6-3-15)28-13-18-7-9-21(31-18)24-27-19(11-25)23(32-24)26-12-16-4-8-20-22(10-16)30-14-29-20/h2-10,26H,12-14H2,1H3. The third-order valence-electron chi connectivity index (χ3n) is 4.90. The van der Waals surface area contributed by atoms with E-state index in [4.69, 9.17) is 23.0 Å². The molecule has 8 heteroatoms. The SMILES string of the molecule is Cc1ccc(OCc2ccc(-c3nc(C#N)c(NCc4ccc5c(c4)OCO5)o3)o2)cc1. The maximum absolute atomic E-state index is 9.44. The molecule has 32 heavy (non-hydrogen) atoms. The summed E-state index contributed by atoms with van der Waals surface area (Å²) in [5, 5.41) is 12.5. The largest absolute Gasteiger partial charge is 0.486 e. The minimum Gasteiger partial charge on any atom is -0.486 e. The molecule has 0 unspecified atom stereocenters. The van der Waals surface area contributed by atoms with Gasteiger partial charge >= 0.3 is 0 Å². The topological polar surface area (TPSA) is 103 Å². The van der Waals surface area contributed by atoms with E-state index < -0.39 is 0 Å². The fourth-order valence-corrected chi connectivity index (χ4v) is 3.21. The lowest BCUT2D eigenvalue weighted by Crippen LogP contribution is -1.99. The van der Waals surface area contributed by atoms with Gasteiger partial charge < -0.3 is 28.4 Å². The molecule has 8 nitrogen and oxygen atoms in total. The van der Waals surface area contributed by atoms with Gasteiger partial charge in [0, 0.05) is 6.54 Å². The number of furan rings is 1. The van der Waals surface area contributed by atoms with E-state index >= 15 is 0 Å². The maximum atomic E-state index is 9.44.